The van der Waals surface area contributed by atoms with E-state index in [9.17, 15) is 0 Å². The molecule has 134 valence electrons. The molecule has 4 heterocycles. The lowest BCUT2D eigenvalue weighted by Gasteiger charge is -2.26. The van der Waals surface area contributed by atoms with Crippen LogP contribution in [-0.2, 0) is 6.54 Å². The lowest BCUT2D eigenvalue weighted by atomic mass is 10.0. The van der Waals surface area contributed by atoms with Crippen molar-refractivity contribution in [3.8, 4) is 22.1 Å². The van der Waals surface area contributed by atoms with Crippen LogP contribution in [0.25, 0.3) is 10.6 Å². The molecule has 5 rings (SSSR count). The lowest BCUT2D eigenvalue weighted by molar-refractivity contribution is 0.170. The first-order valence-corrected chi connectivity index (χ1v) is 10.8. The first-order chi connectivity index (χ1) is 12.9. The van der Waals surface area contributed by atoms with Gasteiger partial charge in [-0.25, -0.2) is 4.98 Å². The molecule has 3 aromatic rings. The number of nitrogens with zero attached hydrogens (tertiary/aromatic N) is 2. The van der Waals surface area contributed by atoms with Crippen LogP contribution in [0.15, 0.2) is 40.4 Å². The third-order valence-corrected chi connectivity index (χ3v) is 6.62. The summed E-state index contributed by atoms with van der Waals surface area (Å²) in [5.74, 6) is 1.75. The summed E-state index contributed by atoms with van der Waals surface area (Å²) >= 11 is 3.46. The van der Waals surface area contributed by atoms with Gasteiger partial charge in [-0.2, -0.15) is 11.3 Å². The standard InChI is InChI=1S/C20H20N2O2S2/c1-2-17(14-3-4-18-19(10-14)24-8-7-23-18)22(6-1)11-16-13-26-20(21-16)15-5-9-25-12-15/h3-5,9-10,12-13,17H,1-2,6-8,11H2/t17-/m1/s1. The van der Waals surface area contributed by atoms with Crippen LogP contribution in [0.1, 0.15) is 30.1 Å². The van der Waals surface area contributed by atoms with E-state index in [1.807, 2.05) is 0 Å². The van der Waals surface area contributed by atoms with Crippen LogP contribution >= 0.6 is 22.7 Å². The van der Waals surface area contributed by atoms with Crippen LogP contribution in [0.2, 0.25) is 0 Å². The summed E-state index contributed by atoms with van der Waals surface area (Å²) in [5.41, 5.74) is 3.72. The molecule has 0 unspecified atom stereocenters. The smallest absolute Gasteiger partial charge is 0.161 e. The highest BCUT2D eigenvalue weighted by molar-refractivity contribution is 7.14. The van der Waals surface area contributed by atoms with E-state index in [1.54, 1.807) is 22.7 Å². The number of rotatable bonds is 4. The predicted molar refractivity (Wildman–Crippen MR) is 105 cm³/mol. The number of benzene rings is 1. The Morgan fingerprint density at radius 1 is 1.12 bits per heavy atom. The molecule has 1 fully saturated rings. The fourth-order valence-electron chi connectivity index (χ4n) is 3.77. The van der Waals surface area contributed by atoms with Gasteiger partial charge in [-0.15, -0.1) is 11.3 Å². The second kappa shape index (κ2) is 7.02. The fourth-order valence-corrected chi connectivity index (χ4v) is 5.29. The average molecular weight is 385 g/mol. The van der Waals surface area contributed by atoms with Crippen LogP contribution < -0.4 is 9.47 Å². The Bertz CT molecular complexity index is 891. The summed E-state index contributed by atoms with van der Waals surface area (Å²) in [5, 5.41) is 7.59. The Balaban J connectivity index is 1.34. The number of thiophene rings is 1. The molecule has 1 saturated heterocycles. The molecule has 4 nitrogen and oxygen atoms in total. The van der Waals surface area contributed by atoms with Gasteiger partial charge in [0.1, 0.15) is 18.2 Å². The van der Waals surface area contributed by atoms with Gasteiger partial charge in [0.15, 0.2) is 11.5 Å². The largest absolute Gasteiger partial charge is 0.486 e. The maximum Gasteiger partial charge on any atom is 0.161 e. The second-order valence-electron chi connectivity index (χ2n) is 6.69. The number of likely N-dealkylation sites (tertiary alicyclic amines) is 1. The predicted octanol–water partition coefficient (Wildman–Crippen LogP) is 4.98. The van der Waals surface area contributed by atoms with E-state index in [-0.39, 0.29) is 0 Å². The van der Waals surface area contributed by atoms with Crippen molar-refractivity contribution >= 4 is 22.7 Å². The number of thiazole rings is 1. The van der Waals surface area contributed by atoms with Gasteiger partial charge < -0.3 is 9.47 Å². The number of aromatic nitrogens is 1. The fraction of sp³-hybridized carbons (Fsp3) is 0.350. The van der Waals surface area contributed by atoms with Crippen LogP contribution in [-0.4, -0.2) is 29.6 Å². The van der Waals surface area contributed by atoms with Crippen LogP contribution in [0.4, 0.5) is 0 Å². The maximum absolute atomic E-state index is 5.77. The molecular weight excluding hydrogens is 364 g/mol. The van der Waals surface area contributed by atoms with Crippen molar-refractivity contribution in [2.24, 2.45) is 0 Å². The van der Waals surface area contributed by atoms with Crippen molar-refractivity contribution in [2.75, 3.05) is 19.8 Å². The van der Waals surface area contributed by atoms with Crippen LogP contribution in [0, 0.1) is 0 Å². The molecular formula is C20H20N2O2S2. The number of ether oxygens (including phenoxy) is 2. The van der Waals surface area contributed by atoms with E-state index in [0.29, 0.717) is 19.3 Å². The van der Waals surface area contributed by atoms with Gasteiger partial charge in [0.25, 0.3) is 0 Å². The van der Waals surface area contributed by atoms with Gasteiger partial charge in [0.05, 0.1) is 5.69 Å². The Hall–Kier alpha value is -1.89. The molecule has 0 aliphatic carbocycles. The Morgan fingerprint density at radius 3 is 2.92 bits per heavy atom. The summed E-state index contributed by atoms with van der Waals surface area (Å²) in [6, 6.07) is 8.97. The summed E-state index contributed by atoms with van der Waals surface area (Å²) in [7, 11) is 0. The third-order valence-electron chi connectivity index (χ3n) is 5.00. The van der Waals surface area contributed by atoms with Gasteiger partial charge >= 0.3 is 0 Å². The molecule has 0 radical (unpaired) electrons. The minimum absolute atomic E-state index is 0.428. The summed E-state index contributed by atoms with van der Waals surface area (Å²) in [6.07, 6.45) is 2.40. The van der Waals surface area contributed by atoms with E-state index < -0.39 is 0 Å². The zero-order chi connectivity index (χ0) is 17.3. The number of fused-ring (bicyclic) bond motifs is 1. The van der Waals surface area contributed by atoms with Crippen molar-refractivity contribution in [3.63, 3.8) is 0 Å². The van der Waals surface area contributed by atoms with Crippen LogP contribution in [0.5, 0.6) is 11.5 Å². The highest BCUT2D eigenvalue weighted by Gasteiger charge is 2.28. The lowest BCUT2D eigenvalue weighted by Crippen LogP contribution is -2.23. The molecule has 26 heavy (non-hydrogen) atoms. The van der Waals surface area contributed by atoms with E-state index >= 15 is 0 Å². The molecule has 2 aromatic heterocycles. The number of hydrogen-bond donors (Lipinski definition) is 0. The SMILES string of the molecule is c1cc(-c2nc(CN3CCC[C@@H]3c3ccc4c(c3)OCCO4)cs2)cs1. The van der Waals surface area contributed by atoms with Gasteiger partial charge in [-0.1, -0.05) is 6.07 Å². The zero-order valence-electron chi connectivity index (χ0n) is 14.4. The molecule has 0 spiro atoms. The highest BCUT2D eigenvalue weighted by atomic mass is 32.1. The molecule has 6 heteroatoms. The first kappa shape index (κ1) is 16.3. The zero-order valence-corrected chi connectivity index (χ0v) is 16.0. The summed E-state index contributed by atoms with van der Waals surface area (Å²) in [4.78, 5) is 7.39. The topological polar surface area (TPSA) is 34.6 Å². The molecule has 0 saturated carbocycles. The average Bonchev–Trinajstić information content (AvgIpc) is 3.43. The molecule has 1 atom stereocenters. The molecule has 0 bridgehead atoms. The van der Waals surface area contributed by atoms with Gasteiger partial charge in [-0.05, 0) is 48.5 Å². The highest BCUT2D eigenvalue weighted by Crippen LogP contribution is 2.39. The van der Waals surface area contributed by atoms with Crippen molar-refractivity contribution in [2.45, 2.75) is 25.4 Å². The first-order valence-electron chi connectivity index (χ1n) is 8.97. The second-order valence-corrected chi connectivity index (χ2v) is 8.33. The Morgan fingerprint density at radius 2 is 2.04 bits per heavy atom. The molecule has 1 aromatic carbocycles. The Kier molecular flexibility index (Phi) is 4.40. The van der Waals surface area contributed by atoms with E-state index in [1.165, 1.54) is 29.7 Å². The normalized spacial score (nSPS) is 19.8. The van der Waals surface area contributed by atoms with E-state index in [2.05, 4.69) is 45.3 Å². The molecule has 2 aliphatic rings. The van der Waals surface area contributed by atoms with E-state index in [0.717, 1.165) is 29.6 Å². The van der Waals surface area contributed by atoms with Gasteiger partial charge in [-0.3, -0.25) is 4.90 Å². The van der Waals surface area contributed by atoms with E-state index in [4.69, 9.17) is 14.5 Å². The minimum atomic E-state index is 0.428. The summed E-state index contributed by atoms with van der Waals surface area (Å²) < 4.78 is 11.4. The van der Waals surface area contributed by atoms with Crippen molar-refractivity contribution < 1.29 is 9.47 Å². The monoisotopic (exact) mass is 384 g/mol. The van der Waals surface area contributed by atoms with Gasteiger partial charge in [0, 0.05) is 28.9 Å². The van der Waals surface area contributed by atoms with Gasteiger partial charge in [0.2, 0.25) is 0 Å². The molecule has 0 amide bonds. The molecule has 2 aliphatic heterocycles. The maximum atomic E-state index is 5.77. The van der Waals surface area contributed by atoms with Crippen molar-refractivity contribution in [3.05, 3.63) is 51.7 Å². The quantitative estimate of drug-likeness (QED) is 0.635. The molecule has 0 N–H and O–H groups in total. The van der Waals surface area contributed by atoms with Crippen LogP contribution in [0.3, 0.4) is 0 Å². The van der Waals surface area contributed by atoms with Crippen molar-refractivity contribution in [1.29, 1.82) is 0 Å². The summed E-state index contributed by atoms with van der Waals surface area (Å²) in [6.45, 7) is 3.29. The third kappa shape index (κ3) is 3.13. The number of hydrogen-bond acceptors (Lipinski definition) is 6. The Labute approximate surface area is 161 Å². The van der Waals surface area contributed by atoms with Crippen molar-refractivity contribution in [1.82, 2.24) is 9.88 Å². The minimum Gasteiger partial charge on any atom is -0.486 e.